The van der Waals surface area contributed by atoms with Gasteiger partial charge in [-0.3, -0.25) is 9.59 Å². The number of amides is 2. The molecular weight excluding hydrogens is 542 g/mol. The van der Waals surface area contributed by atoms with Gasteiger partial charge < -0.3 is 10.6 Å². The molecule has 2 amide bonds. The summed E-state index contributed by atoms with van der Waals surface area (Å²) in [4.78, 5) is 26.0. The second kappa shape index (κ2) is 11.4. The van der Waals surface area contributed by atoms with Crippen molar-refractivity contribution in [2.75, 3.05) is 46.7 Å². The number of hydrogen-bond acceptors (Lipinski definition) is 8. The lowest BCUT2D eigenvalue weighted by atomic mass is 10.2. The van der Waals surface area contributed by atoms with Crippen molar-refractivity contribution in [1.29, 1.82) is 0 Å². The van der Waals surface area contributed by atoms with Crippen molar-refractivity contribution >= 4 is 42.9 Å². The van der Waals surface area contributed by atoms with Crippen molar-refractivity contribution < 1.29 is 35.2 Å². The maximum absolute atomic E-state index is 13.3. The van der Waals surface area contributed by atoms with E-state index in [1.54, 1.807) is 0 Å². The Kier molecular flexibility index (Phi) is 8.45. The largest absolute Gasteiger partial charge is 0.325 e. The number of rotatable bonds is 9. The molecule has 0 aliphatic carbocycles. The quantitative estimate of drug-likeness (QED) is 0.433. The van der Waals surface area contributed by atoms with E-state index in [2.05, 4.69) is 10.6 Å². The van der Waals surface area contributed by atoms with E-state index in [1.807, 2.05) is 0 Å². The highest BCUT2D eigenvalue weighted by Crippen LogP contribution is 2.26. The number of carbonyl (C=O) groups is 2. The van der Waals surface area contributed by atoms with Crippen molar-refractivity contribution in [3.05, 3.63) is 60.2 Å². The molecule has 14 heteroatoms. The Hall–Kier alpha value is -2.94. The van der Waals surface area contributed by atoms with Crippen molar-refractivity contribution in [3.8, 4) is 0 Å². The van der Waals surface area contributed by atoms with E-state index in [0.29, 0.717) is 11.4 Å². The molecule has 2 aromatic carbocycles. The van der Waals surface area contributed by atoms with Crippen LogP contribution in [0.3, 0.4) is 0 Å². The van der Waals surface area contributed by atoms with Crippen molar-refractivity contribution in [1.82, 2.24) is 10.0 Å². The zero-order valence-electron chi connectivity index (χ0n) is 20.3. The van der Waals surface area contributed by atoms with Gasteiger partial charge in [0.15, 0.2) is 19.7 Å². The molecule has 2 saturated heterocycles. The number of nitrogens with zero attached hydrogens (tertiary/aromatic N) is 2. The number of halogens is 2. The van der Waals surface area contributed by atoms with Crippen LogP contribution in [0.15, 0.2) is 48.5 Å². The normalized spacial score (nSPS) is 22.0. The molecule has 2 aliphatic heterocycles. The summed E-state index contributed by atoms with van der Waals surface area (Å²) in [6, 6.07) is 8.84. The number of sulfone groups is 2. The highest BCUT2D eigenvalue weighted by molar-refractivity contribution is 7.91. The Morgan fingerprint density at radius 2 is 1.03 bits per heavy atom. The summed E-state index contributed by atoms with van der Waals surface area (Å²) in [7, 11) is -6.79. The van der Waals surface area contributed by atoms with Crippen LogP contribution in [-0.4, -0.2) is 86.9 Å². The fraction of sp³-hybridized carbons (Fsp3) is 0.417. The SMILES string of the molecule is O=C(CN(C1CCS(=O)(=O)C1)N(CC(=O)Nc1ccc(F)cc1)C1CCS(=O)(=O)C1)Nc1ccc(F)cc1. The van der Waals surface area contributed by atoms with Crippen LogP contribution in [0, 0.1) is 11.6 Å². The minimum absolute atomic E-state index is 0.105. The third-order valence-corrected chi connectivity index (χ3v) is 9.96. The van der Waals surface area contributed by atoms with E-state index in [9.17, 15) is 35.2 Å². The van der Waals surface area contributed by atoms with Gasteiger partial charge >= 0.3 is 0 Å². The molecule has 0 aromatic heterocycles. The van der Waals surface area contributed by atoms with Crippen molar-refractivity contribution in [2.45, 2.75) is 24.9 Å². The number of nitrogens with one attached hydrogen (secondary N) is 2. The lowest BCUT2D eigenvalue weighted by Gasteiger charge is -2.41. The lowest BCUT2D eigenvalue weighted by molar-refractivity contribution is -0.137. The second-order valence-electron chi connectivity index (χ2n) is 9.42. The molecule has 38 heavy (non-hydrogen) atoms. The van der Waals surface area contributed by atoms with Crippen LogP contribution in [0.4, 0.5) is 20.2 Å². The first-order valence-electron chi connectivity index (χ1n) is 11.9. The van der Waals surface area contributed by atoms with E-state index in [-0.39, 0.29) is 48.9 Å². The fourth-order valence-corrected chi connectivity index (χ4v) is 8.09. The summed E-state index contributed by atoms with van der Waals surface area (Å²) >= 11 is 0. The summed E-state index contributed by atoms with van der Waals surface area (Å²) in [6.45, 7) is -0.726. The Morgan fingerprint density at radius 1 is 0.684 bits per heavy atom. The van der Waals surface area contributed by atoms with Crippen LogP contribution >= 0.6 is 0 Å². The first kappa shape index (κ1) is 28.1. The average Bonchev–Trinajstić information content (AvgIpc) is 3.39. The molecule has 2 unspecified atom stereocenters. The summed E-state index contributed by atoms with van der Waals surface area (Å²) < 4.78 is 75.7. The molecule has 2 fully saturated rings. The Bertz CT molecular complexity index is 1280. The molecule has 0 saturated carbocycles. The van der Waals surface area contributed by atoms with Gasteiger partial charge in [0.2, 0.25) is 11.8 Å². The standard InChI is InChI=1S/C24H28F2N4O6S2/c25-17-1-5-19(6-2-17)27-23(31)13-29(21-9-11-37(33,34)15-21)30(22-10-12-38(35,36)16-22)14-24(32)28-20-7-3-18(26)4-8-20/h1-8,21-22H,9-16H2,(H,27,31)(H,28,32). The molecule has 206 valence electrons. The number of carbonyl (C=O) groups excluding carboxylic acids is 2. The Labute approximate surface area is 219 Å². The smallest absolute Gasteiger partial charge is 0.240 e. The van der Waals surface area contributed by atoms with Crippen LogP contribution in [-0.2, 0) is 29.3 Å². The van der Waals surface area contributed by atoms with Crippen molar-refractivity contribution in [2.24, 2.45) is 0 Å². The number of benzene rings is 2. The van der Waals surface area contributed by atoms with E-state index in [4.69, 9.17) is 0 Å². The predicted octanol–water partition coefficient (Wildman–Crippen LogP) is 1.44. The highest BCUT2D eigenvalue weighted by Gasteiger charge is 2.42. The minimum Gasteiger partial charge on any atom is -0.325 e. The molecule has 10 nitrogen and oxygen atoms in total. The molecule has 0 radical (unpaired) electrons. The van der Waals surface area contributed by atoms with E-state index in [0.717, 1.165) is 0 Å². The topological polar surface area (TPSA) is 133 Å². The monoisotopic (exact) mass is 570 g/mol. The van der Waals surface area contributed by atoms with Crippen LogP contribution in [0.25, 0.3) is 0 Å². The van der Waals surface area contributed by atoms with Gasteiger partial charge in [-0.15, -0.1) is 0 Å². The van der Waals surface area contributed by atoms with Crippen molar-refractivity contribution in [3.63, 3.8) is 0 Å². The van der Waals surface area contributed by atoms with Gasteiger partial charge in [0.25, 0.3) is 0 Å². The summed E-state index contributed by atoms with van der Waals surface area (Å²) in [5.41, 5.74) is 0.638. The number of hydrogen-bond donors (Lipinski definition) is 2. The predicted molar refractivity (Wildman–Crippen MR) is 138 cm³/mol. The summed E-state index contributed by atoms with van der Waals surface area (Å²) in [5.74, 6) is -2.79. The summed E-state index contributed by atoms with van der Waals surface area (Å²) in [6.07, 6.45) is 0.392. The molecule has 2 aromatic rings. The summed E-state index contributed by atoms with van der Waals surface area (Å²) in [5, 5.41) is 8.20. The van der Waals surface area contributed by atoms with E-state index >= 15 is 0 Å². The Morgan fingerprint density at radius 3 is 1.32 bits per heavy atom. The van der Waals surface area contributed by atoms with Gasteiger partial charge in [-0.1, -0.05) is 0 Å². The van der Waals surface area contributed by atoms with Crippen LogP contribution in [0.5, 0.6) is 0 Å². The first-order valence-corrected chi connectivity index (χ1v) is 15.6. The van der Waals surface area contributed by atoms with Crippen LogP contribution in [0.1, 0.15) is 12.8 Å². The zero-order valence-corrected chi connectivity index (χ0v) is 22.0. The average molecular weight is 571 g/mol. The lowest BCUT2D eigenvalue weighted by Crippen LogP contribution is -2.58. The maximum Gasteiger partial charge on any atom is 0.240 e. The van der Waals surface area contributed by atoms with Gasteiger partial charge in [-0.25, -0.2) is 35.6 Å². The van der Waals surface area contributed by atoms with Gasteiger partial charge in [-0.05, 0) is 61.4 Å². The molecule has 4 rings (SSSR count). The number of anilines is 2. The second-order valence-corrected chi connectivity index (χ2v) is 13.9. The molecule has 0 spiro atoms. The van der Waals surface area contributed by atoms with E-state index < -0.39 is 55.2 Å². The third kappa shape index (κ3) is 7.56. The van der Waals surface area contributed by atoms with Gasteiger partial charge in [0, 0.05) is 23.5 Å². The zero-order chi connectivity index (χ0) is 27.5. The van der Waals surface area contributed by atoms with E-state index in [1.165, 1.54) is 58.5 Å². The maximum atomic E-state index is 13.3. The van der Waals surface area contributed by atoms with Crippen LogP contribution < -0.4 is 10.6 Å². The van der Waals surface area contributed by atoms with Gasteiger partial charge in [0.05, 0.1) is 36.1 Å². The van der Waals surface area contributed by atoms with Crippen LogP contribution in [0.2, 0.25) is 0 Å². The molecule has 0 bridgehead atoms. The molecular formula is C24H28F2N4O6S2. The molecule has 2 aliphatic rings. The molecule has 2 N–H and O–H groups in total. The van der Waals surface area contributed by atoms with Gasteiger partial charge in [-0.2, -0.15) is 0 Å². The molecule has 2 heterocycles. The third-order valence-electron chi connectivity index (χ3n) is 6.46. The highest BCUT2D eigenvalue weighted by atomic mass is 32.2. The fourth-order valence-electron chi connectivity index (χ4n) is 4.64. The van der Waals surface area contributed by atoms with Gasteiger partial charge in [0.1, 0.15) is 11.6 Å². The molecule has 2 atom stereocenters. The first-order chi connectivity index (χ1) is 17.9. The minimum atomic E-state index is -3.40. The number of hydrazine groups is 1. The Balaban J connectivity index is 1.59.